The minimum absolute atomic E-state index is 0.0524. The number of aliphatic hydroxyl groups is 1. The zero-order chi connectivity index (χ0) is 22.7. The van der Waals surface area contributed by atoms with Gasteiger partial charge in [-0.05, 0) is 25.5 Å². The van der Waals surface area contributed by atoms with Crippen molar-refractivity contribution in [3.05, 3.63) is 72.7 Å². The molecule has 1 aromatic heterocycles. The third-order valence-electron chi connectivity index (χ3n) is 5.56. The van der Waals surface area contributed by atoms with Crippen LogP contribution in [0.1, 0.15) is 29.9 Å². The number of imidazole rings is 1. The Balaban J connectivity index is 1.74. The number of ether oxygens (including phenoxy) is 1. The highest BCUT2D eigenvalue weighted by atomic mass is 32.2. The van der Waals surface area contributed by atoms with Crippen LogP contribution in [0.25, 0.3) is 11.3 Å². The highest BCUT2D eigenvalue weighted by Crippen LogP contribution is 2.33. The van der Waals surface area contributed by atoms with Gasteiger partial charge in [0.1, 0.15) is 0 Å². The number of nitrogens with zero attached hydrogens (tertiary/aromatic N) is 3. The molecule has 0 saturated carbocycles. The molecule has 0 aliphatic carbocycles. The summed E-state index contributed by atoms with van der Waals surface area (Å²) in [6.45, 7) is 2.18. The molecule has 1 N–H and O–H groups in total. The smallest absolute Gasteiger partial charge is 0.359 e. The monoisotopic (exact) mass is 455 g/mol. The van der Waals surface area contributed by atoms with Crippen molar-refractivity contribution in [3.8, 4) is 11.3 Å². The van der Waals surface area contributed by atoms with Gasteiger partial charge in [0, 0.05) is 18.7 Å². The van der Waals surface area contributed by atoms with Crippen molar-refractivity contribution < 1.29 is 23.1 Å². The normalized spacial score (nSPS) is 19.6. The minimum atomic E-state index is -3.73. The molecule has 0 unspecified atom stereocenters. The highest BCUT2D eigenvalue weighted by molar-refractivity contribution is 7.89. The second-order valence-electron chi connectivity index (χ2n) is 7.54. The standard InChI is InChI=1S/C23H25N3O5S/c1-2-31-23(28)21-22(17-9-5-3-6-10-17)26(16-24-21)19-15-25(14-13-20(19)27)32(29,30)18-11-7-4-8-12-18/h3-12,16,19-20,27H,2,13-15H2,1H3/t19-,20-/m0/s1. The number of esters is 1. The van der Waals surface area contributed by atoms with Gasteiger partial charge in [-0.3, -0.25) is 0 Å². The number of benzene rings is 2. The van der Waals surface area contributed by atoms with Crippen LogP contribution in [0.5, 0.6) is 0 Å². The van der Waals surface area contributed by atoms with E-state index in [2.05, 4.69) is 4.98 Å². The van der Waals surface area contributed by atoms with Gasteiger partial charge in [-0.25, -0.2) is 18.2 Å². The van der Waals surface area contributed by atoms with Gasteiger partial charge in [0.25, 0.3) is 0 Å². The molecule has 0 radical (unpaired) electrons. The van der Waals surface area contributed by atoms with E-state index in [1.165, 1.54) is 10.6 Å². The Kier molecular flexibility index (Phi) is 6.40. The first-order valence-electron chi connectivity index (χ1n) is 10.5. The molecule has 2 aromatic carbocycles. The maximum absolute atomic E-state index is 13.2. The third-order valence-corrected chi connectivity index (χ3v) is 7.44. The molecule has 0 bridgehead atoms. The molecule has 1 fully saturated rings. The first-order valence-corrected chi connectivity index (χ1v) is 11.9. The fourth-order valence-electron chi connectivity index (χ4n) is 3.97. The predicted molar refractivity (Wildman–Crippen MR) is 118 cm³/mol. The predicted octanol–water partition coefficient (Wildman–Crippen LogP) is 2.72. The average molecular weight is 456 g/mol. The van der Waals surface area contributed by atoms with Gasteiger partial charge in [0.15, 0.2) is 5.69 Å². The molecule has 32 heavy (non-hydrogen) atoms. The van der Waals surface area contributed by atoms with E-state index in [-0.39, 0.29) is 36.7 Å². The summed E-state index contributed by atoms with van der Waals surface area (Å²) in [5, 5.41) is 10.8. The Morgan fingerprint density at radius 3 is 2.44 bits per heavy atom. The van der Waals surface area contributed by atoms with Crippen LogP contribution < -0.4 is 0 Å². The number of aliphatic hydroxyl groups excluding tert-OH is 1. The number of sulfonamides is 1. The van der Waals surface area contributed by atoms with Crippen molar-refractivity contribution in [1.29, 1.82) is 0 Å². The maximum atomic E-state index is 13.2. The molecule has 1 aliphatic heterocycles. The summed E-state index contributed by atoms with van der Waals surface area (Å²) < 4.78 is 34.6. The summed E-state index contributed by atoms with van der Waals surface area (Å²) in [7, 11) is -3.73. The first kappa shape index (κ1) is 22.2. The largest absolute Gasteiger partial charge is 0.461 e. The molecule has 1 saturated heterocycles. The Morgan fingerprint density at radius 2 is 1.78 bits per heavy atom. The average Bonchev–Trinajstić information content (AvgIpc) is 3.25. The lowest BCUT2D eigenvalue weighted by molar-refractivity contribution is 0.0516. The first-order chi connectivity index (χ1) is 15.4. The number of carbonyl (C=O) groups excluding carboxylic acids is 1. The molecule has 2 atom stereocenters. The third kappa shape index (κ3) is 4.19. The van der Waals surface area contributed by atoms with E-state index in [9.17, 15) is 18.3 Å². The second kappa shape index (κ2) is 9.23. The molecule has 3 aromatic rings. The summed E-state index contributed by atoms with van der Waals surface area (Å²) in [5.41, 5.74) is 1.35. The van der Waals surface area contributed by atoms with Crippen LogP contribution in [-0.4, -0.2) is 59.2 Å². The molecule has 0 spiro atoms. The van der Waals surface area contributed by atoms with Gasteiger partial charge in [0.2, 0.25) is 10.0 Å². The maximum Gasteiger partial charge on any atom is 0.359 e. The Morgan fingerprint density at radius 1 is 1.12 bits per heavy atom. The van der Waals surface area contributed by atoms with Crippen molar-refractivity contribution in [3.63, 3.8) is 0 Å². The molecule has 4 rings (SSSR count). The van der Waals surface area contributed by atoms with Crippen LogP contribution in [0.4, 0.5) is 0 Å². The van der Waals surface area contributed by atoms with Crippen LogP contribution in [0.2, 0.25) is 0 Å². The molecule has 0 amide bonds. The quantitative estimate of drug-likeness (QED) is 0.574. The number of piperidine rings is 1. The Hall–Kier alpha value is -3.01. The summed E-state index contributed by atoms with van der Waals surface area (Å²) in [6.07, 6.45) is 0.933. The molecule has 8 nitrogen and oxygen atoms in total. The van der Waals surface area contributed by atoms with Gasteiger partial charge in [0.05, 0.1) is 35.7 Å². The van der Waals surface area contributed by atoms with Crippen LogP contribution in [-0.2, 0) is 14.8 Å². The van der Waals surface area contributed by atoms with Crippen molar-refractivity contribution in [2.45, 2.75) is 30.4 Å². The minimum Gasteiger partial charge on any atom is -0.461 e. The molecule has 2 heterocycles. The lowest BCUT2D eigenvalue weighted by atomic mass is 10.0. The van der Waals surface area contributed by atoms with Gasteiger partial charge in [-0.2, -0.15) is 4.31 Å². The van der Waals surface area contributed by atoms with E-state index in [0.29, 0.717) is 5.69 Å². The van der Waals surface area contributed by atoms with Crippen molar-refractivity contribution >= 4 is 16.0 Å². The number of hydrogen-bond donors (Lipinski definition) is 1. The van der Waals surface area contributed by atoms with Crippen molar-refractivity contribution in [1.82, 2.24) is 13.9 Å². The van der Waals surface area contributed by atoms with Crippen LogP contribution in [0.3, 0.4) is 0 Å². The van der Waals surface area contributed by atoms with E-state index in [4.69, 9.17) is 4.74 Å². The fourth-order valence-corrected chi connectivity index (χ4v) is 5.46. The Bertz CT molecular complexity index is 1180. The summed E-state index contributed by atoms with van der Waals surface area (Å²) >= 11 is 0. The molecule has 168 valence electrons. The SMILES string of the molecule is CCOC(=O)c1ncn([C@H]2CN(S(=O)(=O)c3ccccc3)CC[C@@H]2O)c1-c1ccccc1. The topological polar surface area (TPSA) is 102 Å². The number of rotatable bonds is 6. The summed E-state index contributed by atoms with van der Waals surface area (Å²) in [4.78, 5) is 17.0. The number of aromatic nitrogens is 2. The van der Waals surface area contributed by atoms with E-state index in [0.717, 1.165) is 5.56 Å². The zero-order valence-corrected chi connectivity index (χ0v) is 18.5. The summed E-state index contributed by atoms with van der Waals surface area (Å²) in [5.74, 6) is -0.566. The van der Waals surface area contributed by atoms with Gasteiger partial charge in [-0.1, -0.05) is 48.5 Å². The lowest BCUT2D eigenvalue weighted by Gasteiger charge is -2.36. The van der Waals surface area contributed by atoms with E-state index < -0.39 is 28.1 Å². The van der Waals surface area contributed by atoms with Crippen LogP contribution >= 0.6 is 0 Å². The number of carbonyl (C=O) groups is 1. The van der Waals surface area contributed by atoms with E-state index in [1.54, 1.807) is 41.8 Å². The Labute approximate surface area is 187 Å². The van der Waals surface area contributed by atoms with Gasteiger partial charge >= 0.3 is 5.97 Å². The molecule has 9 heteroatoms. The van der Waals surface area contributed by atoms with Gasteiger partial charge in [-0.15, -0.1) is 0 Å². The van der Waals surface area contributed by atoms with Crippen LogP contribution in [0.15, 0.2) is 71.9 Å². The van der Waals surface area contributed by atoms with Gasteiger partial charge < -0.3 is 14.4 Å². The molecular formula is C23H25N3O5S. The van der Waals surface area contributed by atoms with Crippen LogP contribution in [0, 0.1) is 0 Å². The second-order valence-corrected chi connectivity index (χ2v) is 9.47. The molecular weight excluding hydrogens is 430 g/mol. The van der Waals surface area contributed by atoms with Crippen molar-refractivity contribution in [2.24, 2.45) is 0 Å². The van der Waals surface area contributed by atoms with Crippen molar-refractivity contribution in [2.75, 3.05) is 19.7 Å². The fraction of sp³-hybridized carbons (Fsp3) is 0.304. The molecule has 1 aliphatic rings. The van der Waals surface area contributed by atoms with E-state index >= 15 is 0 Å². The summed E-state index contributed by atoms with van der Waals surface area (Å²) in [6, 6.07) is 16.8. The highest BCUT2D eigenvalue weighted by Gasteiger charge is 2.37. The lowest BCUT2D eigenvalue weighted by Crippen LogP contribution is -2.46. The van der Waals surface area contributed by atoms with E-state index in [1.807, 2.05) is 30.3 Å². The number of hydrogen-bond acceptors (Lipinski definition) is 6. The zero-order valence-electron chi connectivity index (χ0n) is 17.7.